The van der Waals surface area contributed by atoms with E-state index in [2.05, 4.69) is 31.2 Å². The van der Waals surface area contributed by atoms with Gasteiger partial charge in [0.1, 0.15) is 5.82 Å². The van der Waals surface area contributed by atoms with Gasteiger partial charge in [-0.1, -0.05) is 23.2 Å². The molecule has 4 aromatic rings. The van der Waals surface area contributed by atoms with Crippen molar-refractivity contribution in [3.63, 3.8) is 0 Å². The molecule has 0 spiro atoms. The van der Waals surface area contributed by atoms with Crippen LogP contribution in [0.15, 0.2) is 65.1 Å². The summed E-state index contributed by atoms with van der Waals surface area (Å²) in [6.45, 7) is 0. The monoisotopic (exact) mass is 459 g/mol. The first kappa shape index (κ1) is 18.0. The van der Waals surface area contributed by atoms with Crippen molar-refractivity contribution >= 4 is 61.8 Å². The van der Waals surface area contributed by atoms with Gasteiger partial charge in [-0.15, -0.1) is 0 Å². The van der Waals surface area contributed by atoms with E-state index in [4.69, 9.17) is 23.2 Å². The molecule has 0 saturated carbocycles. The largest absolute Gasteiger partial charge is 0.338 e. The smallest absolute Gasteiger partial charge is 0.255 e. The van der Waals surface area contributed by atoms with Crippen LogP contribution < -0.4 is 5.32 Å². The van der Waals surface area contributed by atoms with Crippen molar-refractivity contribution in [2.75, 3.05) is 5.32 Å². The van der Waals surface area contributed by atoms with E-state index in [1.165, 1.54) is 0 Å². The first-order valence-electron chi connectivity index (χ1n) is 8.02. The van der Waals surface area contributed by atoms with Gasteiger partial charge in [0.05, 0.1) is 16.1 Å². The first-order chi connectivity index (χ1) is 13.0. The highest BCUT2D eigenvalue weighted by Crippen LogP contribution is 2.26. The normalized spacial score (nSPS) is 10.9. The van der Waals surface area contributed by atoms with Gasteiger partial charge in [0.25, 0.3) is 5.91 Å². The maximum Gasteiger partial charge on any atom is 0.255 e. The quantitative estimate of drug-likeness (QED) is 0.364. The fourth-order valence-corrected chi connectivity index (χ4v) is 3.29. The topological polar surface area (TPSA) is 57.8 Å². The van der Waals surface area contributed by atoms with E-state index in [-0.39, 0.29) is 5.91 Å². The van der Waals surface area contributed by atoms with Crippen molar-refractivity contribution in [2.24, 2.45) is 0 Å². The lowest BCUT2D eigenvalue weighted by molar-refractivity contribution is 0.102. The van der Waals surface area contributed by atoms with Gasteiger partial charge in [-0.3, -0.25) is 4.79 Å². The molecule has 0 bridgehead atoms. The molecule has 0 fully saturated rings. The molecule has 134 valence electrons. The third kappa shape index (κ3) is 3.86. The Balaban J connectivity index is 1.60. The summed E-state index contributed by atoms with van der Waals surface area (Å²) in [4.78, 5) is 20.3. The molecule has 0 aliphatic heterocycles. The molecule has 2 N–H and O–H groups in total. The van der Waals surface area contributed by atoms with Crippen molar-refractivity contribution < 1.29 is 4.79 Å². The zero-order chi connectivity index (χ0) is 19.0. The van der Waals surface area contributed by atoms with E-state index in [1.54, 1.807) is 18.2 Å². The molecule has 4 rings (SSSR count). The van der Waals surface area contributed by atoms with Crippen LogP contribution in [0.25, 0.3) is 22.4 Å². The van der Waals surface area contributed by atoms with Gasteiger partial charge in [-0.2, -0.15) is 0 Å². The van der Waals surface area contributed by atoms with E-state index in [9.17, 15) is 4.79 Å². The van der Waals surface area contributed by atoms with Crippen LogP contribution in [0.2, 0.25) is 10.0 Å². The minimum Gasteiger partial charge on any atom is -0.338 e. The summed E-state index contributed by atoms with van der Waals surface area (Å²) in [7, 11) is 0. The summed E-state index contributed by atoms with van der Waals surface area (Å²) in [5, 5.41) is 4.12. The number of nitrogens with zero attached hydrogens (tertiary/aromatic N) is 1. The van der Waals surface area contributed by atoms with Crippen LogP contribution in [0.4, 0.5) is 5.69 Å². The number of aromatic nitrogens is 2. The average molecular weight is 461 g/mol. The fraction of sp³-hybridized carbons (Fsp3) is 0. The third-order valence-corrected chi connectivity index (χ3v) is 5.51. The zero-order valence-corrected chi connectivity index (χ0v) is 16.9. The second-order valence-corrected chi connectivity index (χ2v) is 7.61. The number of carbonyl (C=O) groups is 1. The molecule has 7 heteroatoms. The lowest BCUT2D eigenvalue weighted by Gasteiger charge is -2.06. The van der Waals surface area contributed by atoms with Gasteiger partial charge < -0.3 is 10.3 Å². The van der Waals surface area contributed by atoms with Crippen LogP contribution in [-0.4, -0.2) is 15.9 Å². The lowest BCUT2D eigenvalue weighted by atomic mass is 10.2. The molecule has 0 saturated heterocycles. The molecule has 4 nitrogen and oxygen atoms in total. The van der Waals surface area contributed by atoms with E-state index in [0.717, 1.165) is 22.4 Å². The second-order valence-electron chi connectivity index (χ2n) is 5.91. The van der Waals surface area contributed by atoms with Gasteiger partial charge >= 0.3 is 0 Å². The van der Waals surface area contributed by atoms with Crippen LogP contribution in [-0.2, 0) is 0 Å². The number of rotatable bonds is 3. The molecule has 0 atom stereocenters. The second kappa shape index (κ2) is 7.35. The Morgan fingerprint density at radius 1 is 1.00 bits per heavy atom. The predicted molar refractivity (Wildman–Crippen MR) is 114 cm³/mol. The SMILES string of the molecule is O=C(Nc1ccc2nc(-c3ccc(Cl)cc3)[nH]c2c1)c1ccc(Cl)c(Br)c1. The Labute approximate surface area is 173 Å². The first-order valence-corrected chi connectivity index (χ1v) is 9.56. The maximum atomic E-state index is 12.5. The number of aromatic amines is 1. The van der Waals surface area contributed by atoms with Gasteiger partial charge in [0.15, 0.2) is 0 Å². The number of hydrogen-bond donors (Lipinski definition) is 2. The molecule has 27 heavy (non-hydrogen) atoms. The summed E-state index contributed by atoms with van der Waals surface area (Å²) in [5.74, 6) is 0.524. The van der Waals surface area contributed by atoms with Crippen LogP contribution >= 0.6 is 39.1 Å². The van der Waals surface area contributed by atoms with Crippen LogP contribution in [0.5, 0.6) is 0 Å². The van der Waals surface area contributed by atoms with Gasteiger partial charge in [0, 0.05) is 26.3 Å². The molecule has 0 unspecified atom stereocenters. The standard InChI is InChI=1S/C20H12BrCl2N3O/c21-15-9-12(3-7-16(15)23)20(27)24-14-6-8-17-18(10-14)26-19(25-17)11-1-4-13(22)5-2-11/h1-10H,(H,24,27)(H,25,26). The highest BCUT2D eigenvalue weighted by molar-refractivity contribution is 9.10. The summed E-state index contributed by atoms with van der Waals surface area (Å²) < 4.78 is 0.674. The van der Waals surface area contributed by atoms with Crippen LogP contribution in [0.3, 0.4) is 0 Å². The minimum atomic E-state index is -0.218. The Hall–Kier alpha value is -2.34. The molecule has 0 radical (unpaired) electrons. The number of fused-ring (bicyclic) bond motifs is 1. The van der Waals surface area contributed by atoms with Crippen LogP contribution in [0, 0.1) is 0 Å². The molecule has 1 heterocycles. The molecule has 0 aliphatic carbocycles. The van der Waals surface area contributed by atoms with Crippen molar-refractivity contribution in [3.8, 4) is 11.4 Å². The van der Waals surface area contributed by atoms with Crippen molar-refractivity contribution in [3.05, 3.63) is 80.7 Å². The van der Waals surface area contributed by atoms with Gasteiger partial charge in [-0.05, 0) is 76.6 Å². The van der Waals surface area contributed by atoms with Crippen LogP contribution in [0.1, 0.15) is 10.4 Å². The molecular weight excluding hydrogens is 449 g/mol. The summed E-state index contributed by atoms with van der Waals surface area (Å²) >= 11 is 15.2. The number of halogens is 3. The number of benzene rings is 3. The summed E-state index contributed by atoms with van der Waals surface area (Å²) in [6.07, 6.45) is 0. The Morgan fingerprint density at radius 2 is 1.78 bits per heavy atom. The highest BCUT2D eigenvalue weighted by atomic mass is 79.9. The van der Waals surface area contributed by atoms with E-state index >= 15 is 0 Å². The lowest BCUT2D eigenvalue weighted by Crippen LogP contribution is -2.11. The molecule has 0 aliphatic rings. The number of anilines is 1. The van der Waals surface area contributed by atoms with Crippen molar-refractivity contribution in [1.82, 2.24) is 9.97 Å². The van der Waals surface area contributed by atoms with Gasteiger partial charge in [-0.25, -0.2) is 4.98 Å². The molecule has 3 aromatic carbocycles. The zero-order valence-electron chi connectivity index (χ0n) is 13.8. The van der Waals surface area contributed by atoms with Crippen molar-refractivity contribution in [2.45, 2.75) is 0 Å². The Kier molecular flexibility index (Phi) is 4.91. The number of hydrogen-bond acceptors (Lipinski definition) is 2. The van der Waals surface area contributed by atoms with E-state index in [0.29, 0.717) is 25.8 Å². The number of amides is 1. The summed E-state index contributed by atoms with van der Waals surface area (Å²) in [5.41, 5.74) is 3.76. The number of imidazole rings is 1. The predicted octanol–water partition coefficient (Wildman–Crippen LogP) is 6.55. The van der Waals surface area contributed by atoms with Crippen molar-refractivity contribution in [1.29, 1.82) is 0 Å². The van der Waals surface area contributed by atoms with E-state index < -0.39 is 0 Å². The average Bonchev–Trinajstić information content (AvgIpc) is 3.07. The van der Waals surface area contributed by atoms with Gasteiger partial charge in [0.2, 0.25) is 0 Å². The Bertz CT molecular complexity index is 1160. The number of H-pyrrole nitrogens is 1. The number of nitrogens with one attached hydrogen (secondary N) is 2. The minimum absolute atomic E-state index is 0.218. The fourth-order valence-electron chi connectivity index (χ4n) is 2.67. The maximum absolute atomic E-state index is 12.5. The highest BCUT2D eigenvalue weighted by Gasteiger charge is 2.10. The number of carbonyl (C=O) groups excluding carboxylic acids is 1. The van der Waals surface area contributed by atoms with E-state index in [1.807, 2.05) is 42.5 Å². The molecule has 1 aromatic heterocycles. The molecule has 1 amide bonds. The third-order valence-electron chi connectivity index (χ3n) is 4.04. The Morgan fingerprint density at radius 3 is 2.52 bits per heavy atom. The summed E-state index contributed by atoms with van der Waals surface area (Å²) in [6, 6.07) is 18.0. The molecular formula is C20H12BrCl2N3O.